The van der Waals surface area contributed by atoms with Gasteiger partial charge in [-0.2, -0.15) is 0 Å². The minimum atomic E-state index is 0.0263. The van der Waals surface area contributed by atoms with Crippen molar-refractivity contribution in [3.63, 3.8) is 0 Å². The first-order valence-electron chi connectivity index (χ1n) is 6.09. The maximum Gasteiger partial charge on any atom is 0.224 e. The summed E-state index contributed by atoms with van der Waals surface area (Å²) in [7, 11) is 1.56. The monoisotopic (exact) mass is 246 g/mol. The fraction of sp³-hybridized carbons (Fsp3) is 0.357. The van der Waals surface area contributed by atoms with Crippen molar-refractivity contribution in [1.82, 2.24) is 0 Å². The predicted octanol–water partition coefficient (Wildman–Crippen LogP) is 2.57. The number of nitrogens with two attached hydrogens (primary N) is 1. The maximum absolute atomic E-state index is 11.8. The molecule has 3 N–H and O–H groups in total. The van der Waals surface area contributed by atoms with Gasteiger partial charge in [0, 0.05) is 18.2 Å². The van der Waals surface area contributed by atoms with E-state index in [-0.39, 0.29) is 5.91 Å². The number of rotatable bonds is 4. The fourth-order valence-corrected chi connectivity index (χ4v) is 2.10. The maximum atomic E-state index is 11.8. The van der Waals surface area contributed by atoms with Gasteiger partial charge in [0.2, 0.25) is 5.91 Å². The number of benzene rings is 1. The molecule has 1 unspecified atom stereocenters. The Labute approximate surface area is 107 Å². The lowest BCUT2D eigenvalue weighted by molar-refractivity contribution is -0.116. The number of hydrogen-bond acceptors (Lipinski definition) is 3. The molecule has 0 saturated heterocycles. The van der Waals surface area contributed by atoms with E-state index >= 15 is 0 Å². The molecule has 1 aliphatic rings. The lowest BCUT2D eigenvalue weighted by Crippen LogP contribution is -2.14. The molecule has 0 saturated carbocycles. The third kappa shape index (κ3) is 3.03. The molecule has 0 aromatic heterocycles. The molecule has 0 heterocycles. The van der Waals surface area contributed by atoms with Crippen LogP contribution in [0.4, 0.5) is 11.4 Å². The fourth-order valence-electron chi connectivity index (χ4n) is 2.10. The molecule has 0 bridgehead atoms. The van der Waals surface area contributed by atoms with Crippen molar-refractivity contribution in [3.8, 4) is 5.75 Å². The summed E-state index contributed by atoms with van der Waals surface area (Å²) in [6, 6.07) is 5.24. The summed E-state index contributed by atoms with van der Waals surface area (Å²) >= 11 is 0. The van der Waals surface area contributed by atoms with Crippen molar-refractivity contribution in [2.24, 2.45) is 5.92 Å². The summed E-state index contributed by atoms with van der Waals surface area (Å²) in [5.41, 5.74) is 7.00. The first kappa shape index (κ1) is 12.5. The Kier molecular flexibility index (Phi) is 3.87. The van der Waals surface area contributed by atoms with E-state index in [0.29, 0.717) is 29.5 Å². The number of nitrogen functional groups attached to an aromatic ring is 1. The average Bonchev–Trinajstić information content (AvgIpc) is 2.84. The molecule has 1 atom stereocenters. The Bertz CT molecular complexity index is 469. The molecule has 1 amide bonds. The van der Waals surface area contributed by atoms with Gasteiger partial charge in [0.05, 0.1) is 12.8 Å². The van der Waals surface area contributed by atoms with E-state index in [1.165, 1.54) is 0 Å². The zero-order valence-corrected chi connectivity index (χ0v) is 10.5. The van der Waals surface area contributed by atoms with E-state index in [1.54, 1.807) is 25.3 Å². The van der Waals surface area contributed by atoms with Crippen LogP contribution in [-0.4, -0.2) is 13.0 Å². The van der Waals surface area contributed by atoms with Crippen LogP contribution in [0.1, 0.15) is 19.3 Å². The molecule has 0 aliphatic heterocycles. The van der Waals surface area contributed by atoms with Crippen LogP contribution in [0.25, 0.3) is 0 Å². The quantitative estimate of drug-likeness (QED) is 0.634. The van der Waals surface area contributed by atoms with Gasteiger partial charge in [0.15, 0.2) is 0 Å². The number of allylic oxidation sites excluding steroid dienone is 2. The number of nitrogens with one attached hydrogen (secondary N) is 1. The third-order valence-corrected chi connectivity index (χ3v) is 3.08. The Hall–Kier alpha value is -1.97. The largest absolute Gasteiger partial charge is 0.495 e. The molecular formula is C14H18N2O2. The first-order chi connectivity index (χ1) is 8.69. The highest BCUT2D eigenvalue weighted by Crippen LogP contribution is 2.26. The second-order valence-electron chi connectivity index (χ2n) is 4.47. The lowest BCUT2D eigenvalue weighted by atomic mass is 10.1. The summed E-state index contributed by atoms with van der Waals surface area (Å²) in [5.74, 6) is 0.979. The minimum Gasteiger partial charge on any atom is -0.495 e. The van der Waals surface area contributed by atoms with Crippen LogP contribution >= 0.6 is 0 Å². The van der Waals surface area contributed by atoms with Crippen molar-refractivity contribution in [2.75, 3.05) is 18.2 Å². The van der Waals surface area contributed by atoms with Gasteiger partial charge in [-0.25, -0.2) is 0 Å². The Morgan fingerprint density at radius 3 is 3.06 bits per heavy atom. The van der Waals surface area contributed by atoms with E-state index in [2.05, 4.69) is 17.5 Å². The molecule has 2 rings (SSSR count). The van der Waals surface area contributed by atoms with Crippen molar-refractivity contribution in [2.45, 2.75) is 19.3 Å². The van der Waals surface area contributed by atoms with Crippen LogP contribution in [0.2, 0.25) is 0 Å². The van der Waals surface area contributed by atoms with Crippen molar-refractivity contribution >= 4 is 17.3 Å². The van der Waals surface area contributed by atoms with Gasteiger partial charge in [-0.1, -0.05) is 12.2 Å². The zero-order valence-electron chi connectivity index (χ0n) is 10.5. The number of methoxy groups -OCH3 is 1. The molecule has 1 aromatic carbocycles. The highest BCUT2D eigenvalue weighted by atomic mass is 16.5. The van der Waals surface area contributed by atoms with Crippen molar-refractivity contribution in [1.29, 1.82) is 0 Å². The smallest absolute Gasteiger partial charge is 0.224 e. The summed E-state index contributed by atoms with van der Waals surface area (Å²) < 4.78 is 5.11. The predicted molar refractivity (Wildman–Crippen MR) is 72.5 cm³/mol. The van der Waals surface area contributed by atoms with Crippen LogP contribution in [0.3, 0.4) is 0 Å². The molecule has 4 nitrogen and oxygen atoms in total. The molecule has 0 spiro atoms. The topological polar surface area (TPSA) is 64.3 Å². The van der Waals surface area contributed by atoms with Crippen LogP contribution < -0.4 is 15.8 Å². The number of carbonyl (C=O) groups is 1. The molecule has 1 aromatic rings. The second-order valence-corrected chi connectivity index (χ2v) is 4.47. The Morgan fingerprint density at radius 2 is 2.39 bits per heavy atom. The lowest BCUT2D eigenvalue weighted by Gasteiger charge is -2.10. The highest BCUT2D eigenvalue weighted by molar-refractivity contribution is 5.91. The second kappa shape index (κ2) is 5.58. The molecule has 4 heteroatoms. The SMILES string of the molecule is COc1cc(NC(=O)CC2C=CCC2)ccc1N. The van der Waals surface area contributed by atoms with E-state index in [1.807, 2.05) is 0 Å². The highest BCUT2D eigenvalue weighted by Gasteiger charge is 2.14. The minimum absolute atomic E-state index is 0.0263. The molecule has 1 aliphatic carbocycles. The van der Waals surface area contributed by atoms with Crippen LogP contribution in [-0.2, 0) is 4.79 Å². The molecule has 0 fully saturated rings. The number of amides is 1. The number of anilines is 2. The first-order valence-corrected chi connectivity index (χ1v) is 6.09. The van der Waals surface area contributed by atoms with Gasteiger partial charge in [-0.05, 0) is 30.9 Å². The van der Waals surface area contributed by atoms with Gasteiger partial charge in [-0.15, -0.1) is 0 Å². The normalized spacial score (nSPS) is 17.7. The molecule has 0 radical (unpaired) electrons. The van der Waals surface area contributed by atoms with Crippen LogP contribution in [0.15, 0.2) is 30.4 Å². The van der Waals surface area contributed by atoms with E-state index in [9.17, 15) is 4.79 Å². The van der Waals surface area contributed by atoms with Gasteiger partial charge in [-0.3, -0.25) is 4.79 Å². The zero-order chi connectivity index (χ0) is 13.0. The number of carbonyl (C=O) groups excluding carboxylic acids is 1. The van der Waals surface area contributed by atoms with Crippen molar-refractivity contribution < 1.29 is 9.53 Å². The number of ether oxygens (including phenoxy) is 1. The molecule has 18 heavy (non-hydrogen) atoms. The molecular weight excluding hydrogens is 228 g/mol. The Balaban J connectivity index is 1.96. The van der Waals surface area contributed by atoms with Gasteiger partial charge in [0.1, 0.15) is 5.75 Å². The van der Waals surface area contributed by atoms with E-state index in [0.717, 1.165) is 12.8 Å². The standard InChI is InChI=1S/C14H18N2O2/c1-18-13-9-11(6-7-12(13)15)16-14(17)8-10-4-2-3-5-10/h2,4,6-7,9-10H,3,5,8,15H2,1H3,(H,16,17). The van der Waals surface area contributed by atoms with Crippen LogP contribution in [0.5, 0.6) is 5.75 Å². The van der Waals surface area contributed by atoms with Gasteiger partial charge >= 0.3 is 0 Å². The van der Waals surface area contributed by atoms with Crippen molar-refractivity contribution in [3.05, 3.63) is 30.4 Å². The van der Waals surface area contributed by atoms with E-state index in [4.69, 9.17) is 10.5 Å². The summed E-state index contributed by atoms with van der Waals surface area (Å²) in [6.45, 7) is 0. The third-order valence-electron chi connectivity index (χ3n) is 3.08. The molecule has 96 valence electrons. The van der Waals surface area contributed by atoms with E-state index < -0.39 is 0 Å². The summed E-state index contributed by atoms with van der Waals surface area (Å²) in [4.78, 5) is 11.8. The summed E-state index contributed by atoms with van der Waals surface area (Å²) in [5, 5.41) is 2.86. The average molecular weight is 246 g/mol. The van der Waals surface area contributed by atoms with Gasteiger partial charge < -0.3 is 15.8 Å². The van der Waals surface area contributed by atoms with Gasteiger partial charge in [0.25, 0.3) is 0 Å². The summed E-state index contributed by atoms with van der Waals surface area (Å²) in [6.07, 6.45) is 6.92. The Morgan fingerprint density at radius 1 is 1.56 bits per heavy atom. The van der Waals surface area contributed by atoms with Crippen LogP contribution in [0, 0.1) is 5.92 Å². The number of hydrogen-bond donors (Lipinski definition) is 2.